The highest BCUT2D eigenvalue weighted by Gasteiger charge is 2.15. The number of amides is 1. The van der Waals surface area contributed by atoms with Crippen LogP contribution in [0.1, 0.15) is 15.9 Å². The summed E-state index contributed by atoms with van der Waals surface area (Å²) in [6, 6.07) is 11.8. The van der Waals surface area contributed by atoms with Crippen molar-refractivity contribution in [2.45, 2.75) is 0 Å². The quantitative estimate of drug-likeness (QED) is 0.335. The van der Waals surface area contributed by atoms with Crippen molar-refractivity contribution >= 4 is 45.0 Å². The monoisotopic (exact) mass is 367 g/mol. The smallest absolute Gasteiger partial charge is 0.257 e. The minimum absolute atomic E-state index is 0.0914. The summed E-state index contributed by atoms with van der Waals surface area (Å²) < 4.78 is 0.626. The topological polar surface area (TPSA) is 87.7 Å². The third kappa shape index (κ3) is 3.34. The van der Waals surface area contributed by atoms with Crippen molar-refractivity contribution in [2.24, 2.45) is 10.9 Å². The molecule has 0 fully saturated rings. The van der Waals surface area contributed by atoms with Crippen molar-refractivity contribution in [3.63, 3.8) is 0 Å². The number of rotatable bonds is 3. The van der Waals surface area contributed by atoms with Gasteiger partial charge in [0, 0.05) is 10.0 Å². The molecule has 5 nitrogen and oxygen atoms in total. The van der Waals surface area contributed by atoms with Crippen LogP contribution >= 0.6 is 27.5 Å². The van der Waals surface area contributed by atoms with Gasteiger partial charge in [-0.2, -0.15) is 0 Å². The van der Waals surface area contributed by atoms with E-state index < -0.39 is 0 Å². The molecule has 0 atom stereocenters. The van der Waals surface area contributed by atoms with Gasteiger partial charge in [-0.1, -0.05) is 35.0 Å². The van der Waals surface area contributed by atoms with Crippen LogP contribution in [-0.2, 0) is 0 Å². The molecule has 1 amide bonds. The minimum Gasteiger partial charge on any atom is -0.409 e. The lowest BCUT2D eigenvalue weighted by molar-refractivity contribution is 0.102. The van der Waals surface area contributed by atoms with E-state index in [1.807, 2.05) is 0 Å². The fourth-order valence-corrected chi connectivity index (χ4v) is 2.32. The number of amidine groups is 1. The predicted octanol–water partition coefficient (Wildman–Crippen LogP) is 3.45. The number of para-hydroxylation sites is 1. The van der Waals surface area contributed by atoms with Crippen molar-refractivity contribution in [1.29, 1.82) is 0 Å². The first kappa shape index (κ1) is 15.3. The van der Waals surface area contributed by atoms with E-state index in [1.165, 1.54) is 0 Å². The van der Waals surface area contributed by atoms with E-state index >= 15 is 0 Å². The fourth-order valence-electron chi connectivity index (χ4n) is 1.74. The van der Waals surface area contributed by atoms with Gasteiger partial charge in [0.25, 0.3) is 5.91 Å². The van der Waals surface area contributed by atoms with Gasteiger partial charge in [-0.15, -0.1) is 0 Å². The maximum absolute atomic E-state index is 12.3. The molecule has 0 heterocycles. The zero-order valence-electron chi connectivity index (χ0n) is 10.7. The molecule has 21 heavy (non-hydrogen) atoms. The van der Waals surface area contributed by atoms with Crippen molar-refractivity contribution < 1.29 is 10.0 Å². The Kier molecular flexibility index (Phi) is 4.82. The number of nitrogens with two attached hydrogens (primary N) is 1. The van der Waals surface area contributed by atoms with Gasteiger partial charge in [0.2, 0.25) is 0 Å². The zero-order valence-corrected chi connectivity index (χ0v) is 13.0. The van der Waals surface area contributed by atoms with Crippen LogP contribution in [0.3, 0.4) is 0 Å². The first-order valence-corrected chi connectivity index (χ1v) is 7.04. The Morgan fingerprint density at radius 1 is 1.19 bits per heavy atom. The highest BCUT2D eigenvalue weighted by molar-refractivity contribution is 9.10. The van der Waals surface area contributed by atoms with Crippen LogP contribution in [0.15, 0.2) is 52.1 Å². The lowest BCUT2D eigenvalue weighted by Gasteiger charge is -2.11. The molecule has 108 valence electrons. The predicted molar refractivity (Wildman–Crippen MR) is 86.1 cm³/mol. The van der Waals surface area contributed by atoms with Gasteiger partial charge in [0.1, 0.15) is 0 Å². The standard InChI is InChI=1S/C14H11BrClN3O2/c15-10-6-3-5-9(12(10)16)14(20)18-11-7-2-1-4-8(11)13(17)19-21/h1-7,21H,(H2,17,19)(H,18,20). The lowest BCUT2D eigenvalue weighted by Crippen LogP contribution is -2.19. The maximum Gasteiger partial charge on any atom is 0.257 e. The third-order valence-corrected chi connectivity index (χ3v) is 4.05. The van der Waals surface area contributed by atoms with Gasteiger partial charge in [0.15, 0.2) is 5.84 Å². The Morgan fingerprint density at radius 3 is 2.57 bits per heavy atom. The van der Waals surface area contributed by atoms with E-state index in [9.17, 15) is 4.79 Å². The van der Waals surface area contributed by atoms with Gasteiger partial charge < -0.3 is 16.3 Å². The number of hydrogen-bond acceptors (Lipinski definition) is 3. The fraction of sp³-hybridized carbons (Fsp3) is 0. The van der Waals surface area contributed by atoms with E-state index in [-0.39, 0.29) is 11.7 Å². The van der Waals surface area contributed by atoms with Crippen molar-refractivity contribution in [3.05, 3.63) is 63.1 Å². The minimum atomic E-state index is -0.389. The first-order chi connectivity index (χ1) is 10.0. The van der Waals surface area contributed by atoms with E-state index in [0.29, 0.717) is 26.3 Å². The van der Waals surface area contributed by atoms with E-state index in [4.69, 9.17) is 22.5 Å². The van der Waals surface area contributed by atoms with Crippen LogP contribution in [0.25, 0.3) is 0 Å². The molecule has 0 aliphatic rings. The molecule has 0 saturated heterocycles. The second-order valence-electron chi connectivity index (χ2n) is 4.09. The summed E-state index contributed by atoms with van der Waals surface area (Å²) in [4.78, 5) is 12.3. The Hall–Kier alpha value is -2.05. The summed E-state index contributed by atoms with van der Waals surface area (Å²) in [5, 5.41) is 14.7. The molecule has 0 spiro atoms. The first-order valence-electron chi connectivity index (χ1n) is 5.87. The molecular formula is C14H11BrClN3O2. The highest BCUT2D eigenvalue weighted by atomic mass is 79.9. The van der Waals surface area contributed by atoms with Crippen LogP contribution < -0.4 is 11.1 Å². The van der Waals surface area contributed by atoms with Gasteiger partial charge >= 0.3 is 0 Å². The normalized spacial score (nSPS) is 11.2. The number of hydrogen-bond donors (Lipinski definition) is 3. The Balaban J connectivity index is 2.35. The van der Waals surface area contributed by atoms with Crippen molar-refractivity contribution in [1.82, 2.24) is 0 Å². The molecule has 2 aromatic carbocycles. The van der Waals surface area contributed by atoms with Gasteiger partial charge in [-0.05, 0) is 40.2 Å². The average Bonchev–Trinajstić information content (AvgIpc) is 2.49. The highest BCUT2D eigenvalue weighted by Crippen LogP contribution is 2.27. The van der Waals surface area contributed by atoms with E-state index in [2.05, 4.69) is 26.4 Å². The molecule has 2 rings (SSSR count). The molecule has 0 saturated carbocycles. The molecule has 7 heteroatoms. The summed E-state index contributed by atoms with van der Waals surface area (Å²) >= 11 is 9.35. The number of carbonyl (C=O) groups excluding carboxylic acids is 1. The number of benzene rings is 2. The molecule has 0 radical (unpaired) electrons. The maximum atomic E-state index is 12.3. The number of halogens is 2. The molecule has 0 aliphatic heterocycles. The molecule has 0 aromatic heterocycles. The largest absolute Gasteiger partial charge is 0.409 e. The van der Waals surface area contributed by atoms with Crippen LogP contribution in [0, 0.1) is 0 Å². The number of nitrogens with one attached hydrogen (secondary N) is 1. The third-order valence-electron chi connectivity index (χ3n) is 2.76. The molecular weight excluding hydrogens is 358 g/mol. The van der Waals surface area contributed by atoms with Crippen molar-refractivity contribution in [2.75, 3.05) is 5.32 Å². The number of nitrogens with zero attached hydrogens (tertiary/aromatic N) is 1. The second kappa shape index (κ2) is 6.60. The van der Waals surface area contributed by atoms with E-state index in [0.717, 1.165) is 0 Å². The summed E-state index contributed by atoms with van der Waals surface area (Å²) in [5.74, 6) is -0.481. The van der Waals surface area contributed by atoms with Crippen molar-refractivity contribution in [3.8, 4) is 0 Å². The van der Waals surface area contributed by atoms with Crippen LogP contribution in [-0.4, -0.2) is 17.0 Å². The number of anilines is 1. The van der Waals surface area contributed by atoms with Crippen LogP contribution in [0.2, 0.25) is 5.02 Å². The molecule has 0 unspecified atom stereocenters. The molecule has 2 aromatic rings. The Bertz CT molecular complexity index is 719. The summed E-state index contributed by atoms with van der Waals surface area (Å²) in [6.07, 6.45) is 0. The SMILES string of the molecule is N/C(=N/O)c1ccccc1NC(=O)c1cccc(Br)c1Cl. The van der Waals surface area contributed by atoms with Gasteiger partial charge in [-0.3, -0.25) is 4.79 Å². The summed E-state index contributed by atoms with van der Waals surface area (Å²) in [6.45, 7) is 0. The van der Waals surface area contributed by atoms with Gasteiger partial charge in [-0.25, -0.2) is 0 Å². The Labute approximate surface area is 134 Å². The second-order valence-corrected chi connectivity index (χ2v) is 5.32. The molecule has 0 bridgehead atoms. The summed E-state index contributed by atoms with van der Waals surface area (Å²) in [5.41, 5.74) is 6.74. The number of oxime groups is 1. The van der Waals surface area contributed by atoms with Gasteiger partial charge in [0.05, 0.1) is 16.3 Å². The average molecular weight is 369 g/mol. The number of carbonyl (C=O) groups is 1. The van der Waals surface area contributed by atoms with Crippen LogP contribution in [0.4, 0.5) is 5.69 Å². The Morgan fingerprint density at radius 2 is 1.86 bits per heavy atom. The van der Waals surface area contributed by atoms with E-state index in [1.54, 1.807) is 42.5 Å². The molecule has 0 aliphatic carbocycles. The molecule has 4 N–H and O–H groups in total. The zero-order chi connectivity index (χ0) is 15.4. The summed E-state index contributed by atoms with van der Waals surface area (Å²) in [7, 11) is 0. The lowest BCUT2D eigenvalue weighted by atomic mass is 10.1. The van der Waals surface area contributed by atoms with Crippen LogP contribution in [0.5, 0.6) is 0 Å².